The summed E-state index contributed by atoms with van der Waals surface area (Å²) >= 11 is 0. The molecule has 170 valence electrons. The number of aromatic nitrogens is 5. The second kappa shape index (κ2) is 8.65. The molecule has 33 heavy (non-hydrogen) atoms. The van der Waals surface area contributed by atoms with Crippen molar-refractivity contribution in [1.82, 2.24) is 24.7 Å². The van der Waals surface area contributed by atoms with Gasteiger partial charge in [-0.3, -0.25) is 4.90 Å². The zero-order valence-corrected chi connectivity index (χ0v) is 17.8. The first-order valence-electron chi connectivity index (χ1n) is 9.90. The number of hydrogen-bond acceptors (Lipinski definition) is 8. The molecule has 1 amide bonds. The maximum Gasteiger partial charge on any atom is 0.414 e. The third kappa shape index (κ3) is 4.10. The van der Waals surface area contributed by atoms with Crippen LogP contribution in [-0.4, -0.2) is 44.5 Å². The summed E-state index contributed by atoms with van der Waals surface area (Å²) in [7, 11) is 1.41. The van der Waals surface area contributed by atoms with Gasteiger partial charge >= 0.3 is 6.09 Å². The van der Waals surface area contributed by atoms with Crippen molar-refractivity contribution in [2.24, 2.45) is 0 Å². The van der Waals surface area contributed by atoms with Gasteiger partial charge in [-0.1, -0.05) is 18.2 Å². The summed E-state index contributed by atoms with van der Waals surface area (Å²) in [5.74, 6) is -1.31. The van der Waals surface area contributed by atoms with Gasteiger partial charge in [-0.25, -0.2) is 18.6 Å². The lowest BCUT2D eigenvalue weighted by atomic mass is 10.1. The Hall–Kier alpha value is -4.35. The van der Waals surface area contributed by atoms with Crippen molar-refractivity contribution in [3.05, 3.63) is 59.4 Å². The molecule has 0 saturated heterocycles. The molecular formula is C21H20F2N8O2. The third-order valence-corrected chi connectivity index (χ3v) is 4.86. The van der Waals surface area contributed by atoms with Gasteiger partial charge in [0.25, 0.3) is 5.95 Å². The molecular weight excluding hydrogens is 434 g/mol. The number of halogens is 2. The summed E-state index contributed by atoms with van der Waals surface area (Å²) < 4.78 is 34.4. The molecule has 0 aliphatic rings. The zero-order valence-electron chi connectivity index (χ0n) is 17.8. The van der Waals surface area contributed by atoms with Gasteiger partial charge in [0, 0.05) is 19.5 Å². The fraction of sp³-hybridized carbons (Fsp3) is 0.190. The van der Waals surface area contributed by atoms with Gasteiger partial charge in [0.2, 0.25) is 0 Å². The zero-order chi connectivity index (χ0) is 23.7. The van der Waals surface area contributed by atoms with E-state index in [1.54, 1.807) is 25.1 Å². The molecule has 0 unspecified atom stereocenters. The van der Waals surface area contributed by atoms with Crippen molar-refractivity contribution in [2.45, 2.75) is 13.3 Å². The standard InChI is InChI=1S/C21H20F2N8O2/c1-3-33-21(32)30(2)17-18(24)27-20(28-19(17)25)31-15-9-12(22)10-26-16(15)14(29-31)8-11-6-4-5-7-13(11)23/h4-7,9-10H,3,8H2,1-2H3,(H4,24,25,27,28). The molecule has 0 aliphatic heterocycles. The largest absolute Gasteiger partial charge is 0.449 e. The number of fused-ring (bicyclic) bond motifs is 1. The fourth-order valence-electron chi connectivity index (χ4n) is 3.36. The average molecular weight is 454 g/mol. The van der Waals surface area contributed by atoms with E-state index in [1.807, 2.05) is 0 Å². The molecule has 1 aromatic carbocycles. The van der Waals surface area contributed by atoms with Crippen molar-refractivity contribution in [3.8, 4) is 5.95 Å². The first kappa shape index (κ1) is 21.9. The van der Waals surface area contributed by atoms with Gasteiger partial charge in [-0.15, -0.1) is 0 Å². The molecule has 4 rings (SSSR count). The van der Waals surface area contributed by atoms with E-state index in [9.17, 15) is 13.6 Å². The molecule has 12 heteroatoms. The predicted octanol–water partition coefficient (Wildman–Crippen LogP) is 2.84. The van der Waals surface area contributed by atoms with Crippen LogP contribution in [-0.2, 0) is 11.2 Å². The van der Waals surface area contributed by atoms with Crippen LogP contribution in [0, 0.1) is 11.6 Å². The molecule has 4 aromatic rings. The molecule has 0 radical (unpaired) electrons. The molecule has 3 aromatic heterocycles. The Bertz CT molecular complexity index is 1330. The number of nitrogens with two attached hydrogens (primary N) is 2. The van der Waals surface area contributed by atoms with Gasteiger partial charge < -0.3 is 16.2 Å². The molecule has 10 nitrogen and oxygen atoms in total. The van der Waals surface area contributed by atoms with E-state index in [1.165, 1.54) is 23.9 Å². The van der Waals surface area contributed by atoms with E-state index in [0.29, 0.717) is 16.8 Å². The van der Waals surface area contributed by atoms with Gasteiger partial charge in [0.15, 0.2) is 11.6 Å². The van der Waals surface area contributed by atoms with Crippen LogP contribution in [0.4, 0.5) is 30.9 Å². The molecule has 0 spiro atoms. The van der Waals surface area contributed by atoms with E-state index in [2.05, 4.69) is 20.1 Å². The van der Waals surface area contributed by atoms with Crippen LogP contribution >= 0.6 is 0 Å². The first-order valence-corrected chi connectivity index (χ1v) is 9.90. The maximum atomic E-state index is 14.2. The highest BCUT2D eigenvalue weighted by atomic mass is 19.1. The lowest BCUT2D eigenvalue weighted by molar-refractivity contribution is 0.161. The Morgan fingerprint density at radius 1 is 1.18 bits per heavy atom. The second-order valence-electron chi connectivity index (χ2n) is 7.05. The van der Waals surface area contributed by atoms with Crippen LogP contribution in [0.25, 0.3) is 17.0 Å². The number of carbonyl (C=O) groups excluding carboxylic acids is 1. The monoisotopic (exact) mass is 454 g/mol. The highest BCUT2D eigenvalue weighted by Gasteiger charge is 2.23. The van der Waals surface area contributed by atoms with Crippen molar-refractivity contribution in [2.75, 3.05) is 30.0 Å². The molecule has 0 bridgehead atoms. The smallest absolute Gasteiger partial charge is 0.414 e. The Kier molecular flexibility index (Phi) is 5.73. The highest BCUT2D eigenvalue weighted by Crippen LogP contribution is 2.29. The Morgan fingerprint density at radius 2 is 1.88 bits per heavy atom. The molecule has 4 N–H and O–H groups in total. The van der Waals surface area contributed by atoms with Crippen molar-refractivity contribution in [1.29, 1.82) is 0 Å². The molecule has 3 heterocycles. The third-order valence-electron chi connectivity index (χ3n) is 4.86. The van der Waals surface area contributed by atoms with Gasteiger partial charge in [-0.05, 0) is 18.6 Å². The van der Waals surface area contributed by atoms with Crippen LogP contribution < -0.4 is 16.4 Å². The van der Waals surface area contributed by atoms with Crippen LogP contribution in [0.3, 0.4) is 0 Å². The average Bonchev–Trinajstić information content (AvgIpc) is 3.12. The maximum absolute atomic E-state index is 14.2. The van der Waals surface area contributed by atoms with Crippen LogP contribution in [0.1, 0.15) is 18.2 Å². The highest BCUT2D eigenvalue weighted by molar-refractivity contribution is 5.94. The lowest BCUT2D eigenvalue weighted by Gasteiger charge is -2.19. The minimum atomic E-state index is -0.685. The van der Waals surface area contributed by atoms with Gasteiger partial charge in [-0.2, -0.15) is 19.7 Å². The van der Waals surface area contributed by atoms with Crippen LogP contribution in [0.5, 0.6) is 0 Å². The van der Waals surface area contributed by atoms with Gasteiger partial charge in [0.1, 0.15) is 22.8 Å². The number of amides is 1. The number of ether oxygens (including phenoxy) is 1. The van der Waals surface area contributed by atoms with E-state index in [0.717, 1.165) is 11.1 Å². The van der Waals surface area contributed by atoms with Gasteiger partial charge in [0.05, 0.1) is 24.0 Å². The van der Waals surface area contributed by atoms with E-state index in [-0.39, 0.29) is 41.8 Å². The number of pyridine rings is 1. The lowest BCUT2D eigenvalue weighted by Crippen LogP contribution is -2.29. The number of rotatable bonds is 5. The fourth-order valence-corrected chi connectivity index (χ4v) is 3.36. The SMILES string of the molecule is CCOC(=O)N(C)c1c(N)nc(-n2nc(Cc3ccccc3F)c3ncc(F)cc32)nc1N. The van der Waals surface area contributed by atoms with Crippen LogP contribution in [0.2, 0.25) is 0 Å². The first-order chi connectivity index (χ1) is 15.8. The number of anilines is 3. The molecule has 0 atom stereocenters. The summed E-state index contributed by atoms with van der Waals surface area (Å²) in [6.07, 6.45) is 0.458. The topological polar surface area (TPSA) is 138 Å². The second-order valence-corrected chi connectivity index (χ2v) is 7.05. The Balaban J connectivity index is 1.82. The molecule has 0 fully saturated rings. The van der Waals surface area contributed by atoms with Crippen molar-refractivity contribution in [3.63, 3.8) is 0 Å². The van der Waals surface area contributed by atoms with E-state index >= 15 is 0 Å². The summed E-state index contributed by atoms with van der Waals surface area (Å²) in [6.45, 7) is 1.82. The number of hydrogen-bond donors (Lipinski definition) is 2. The van der Waals surface area contributed by atoms with Crippen LogP contribution in [0.15, 0.2) is 36.5 Å². The summed E-state index contributed by atoms with van der Waals surface area (Å²) in [5.41, 5.74) is 13.5. The number of nitrogen functional groups attached to an aromatic ring is 2. The number of nitrogens with zero attached hydrogens (tertiary/aromatic N) is 6. The normalized spacial score (nSPS) is 11.0. The van der Waals surface area contributed by atoms with E-state index in [4.69, 9.17) is 16.2 Å². The van der Waals surface area contributed by atoms with Crippen molar-refractivity contribution < 1.29 is 18.3 Å². The minimum Gasteiger partial charge on any atom is -0.449 e. The summed E-state index contributed by atoms with van der Waals surface area (Å²) in [6, 6.07) is 7.45. The minimum absolute atomic E-state index is 0.0598. The van der Waals surface area contributed by atoms with E-state index < -0.39 is 17.7 Å². The van der Waals surface area contributed by atoms with Crippen molar-refractivity contribution >= 4 is 34.4 Å². The number of carbonyl (C=O) groups is 1. The molecule has 0 saturated carbocycles. The number of benzene rings is 1. The molecule has 0 aliphatic carbocycles. The Labute approximate surface area is 186 Å². The summed E-state index contributed by atoms with van der Waals surface area (Å²) in [4.78, 5) is 25.7. The Morgan fingerprint density at radius 3 is 2.55 bits per heavy atom. The quantitative estimate of drug-likeness (QED) is 0.469. The summed E-state index contributed by atoms with van der Waals surface area (Å²) in [5, 5.41) is 4.44. The predicted molar refractivity (Wildman–Crippen MR) is 118 cm³/mol.